The predicted molar refractivity (Wildman–Crippen MR) is 80.8 cm³/mol. The summed E-state index contributed by atoms with van der Waals surface area (Å²) >= 11 is 0. The van der Waals surface area contributed by atoms with Crippen LogP contribution >= 0.6 is 0 Å². The zero-order valence-electron chi connectivity index (χ0n) is 14.0. The van der Waals surface area contributed by atoms with Gasteiger partial charge >= 0.3 is 11.9 Å². The van der Waals surface area contributed by atoms with Gasteiger partial charge in [-0.05, 0) is 18.8 Å². The van der Waals surface area contributed by atoms with Crippen LogP contribution < -0.4 is 4.74 Å². The van der Waals surface area contributed by atoms with E-state index in [2.05, 4.69) is 11.3 Å². The fourth-order valence-corrected chi connectivity index (χ4v) is 2.69. The number of hydrogen-bond donors (Lipinski definition) is 1. The Hall–Kier alpha value is -2.45. The Morgan fingerprint density at radius 2 is 1.54 bits per heavy atom. The van der Waals surface area contributed by atoms with Crippen molar-refractivity contribution in [3.8, 4) is 5.75 Å². The molecule has 1 N–H and O–H groups in total. The van der Waals surface area contributed by atoms with Crippen molar-refractivity contribution in [2.24, 2.45) is 11.3 Å². The second-order valence-electron chi connectivity index (χ2n) is 6.23. The standard InChI is InChI=1S/C17H17F5O4/c1-4-5-17(6-8(2)3,7-9(23)24)16(25)26-15-13(21)11(19)10(18)12(20)14(15)22/h4,8H,1,5-7H2,2-3H3,(H,23,24)/t17-/m0/s1. The molecule has 0 amide bonds. The Morgan fingerprint density at radius 1 is 1.08 bits per heavy atom. The van der Waals surface area contributed by atoms with Crippen LogP contribution in [0, 0.1) is 40.4 Å². The average molecular weight is 380 g/mol. The molecule has 0 aromatic heterocycles. The van der Waals surface area contributed by atoms with Crippen LogP contribution in [0.25, 0.3) is 0 Å². The zero-order valence-corrected chi connectivity index (χ0v) is 14.0. The summed E-state index contributed by atoms with van der Waals surface area (Å²) in [6, 6.07) is 0. The highest BCUT2D eigenvalue weighted by molar-refractivity contribution is 5.84. The molecule has 0 spiro atoms. The molecule has 0 radical (unpaired) electrons. The highest BCUT2D eigenvalue weighted by atomic mass is 19.2. The summed E-state index contributed by atoms with van der Waals surface area (Å²) in [5, 5.41) is 9.08. The van der Waals surface area contributed by atoms with Gasteiger partial charge in [-0.3, -0.25) is 9.59 Å². The maximum absolute atomic E-state index is 13.7. The molecule has 1 rings (SSSR count). The highest BCUT2D eigenvalue weighted by Gasteiger charge is 2.43. The predicted octanol–water partition coefficient (Wildman–Crippen LogP) is 4.37. The first-order valence-electron chi connectivity index (χ1n) is 7.53. The Kier molecular flexibility index (Phi) is 6.88. The number of carboxylic acid groups (broad SMARTS) is 1. The summed E-state index contributed by atoms with van der Waals surface area (Å²) in [5.74, 6) is -16.4. The molecule has 0 aliphatic carbocycles. The SMILES string of the molecule is C=CC[C@@](CC(=O)O)(CC(C)C)C(=O)Oc1c(F)c(F)c(F)c(F)c1F. The van der Waals surface area contributed by atoms with Gasteiger partial charge in [-0.15, -0.1) is 6.58 Å². The number of halogens is 5. The minimum Gasteiger partial charge on any atom is -0.481 e. The number of hydrogen-bond acceptors (Lipinski definition) is 3. The van der Waals surface area contributed by atoms with Gasteiger partial charge in [0.1, 0.15) is 0 Å². The van der Waals surface area contributed by atoms with Gasteiger partial charge in [0.15, 0.2) is 0 Å². The first-order chi connectivity index (χ1) is 12.0. The Bertz CT molecular complexity index is 703. The van der Waals surface area contributed by atoms with E-state index in [9.17, 15) is 31.5 Å². The number of carbonyl (C=O) groups is 2. The second kappa shape index (κ2) is 8.29. The quantitative estimate of drug-likeness (QED) is 0.182. The van der Waals surface area contributed by atoms with E-state index in [0.717, 1.165) is 0 Å². The van der Waals surface area contributed by atoms with E-state index in [1.807, 2.05) is 0 Å². The fourth-order valence-electron chi connectivity index (χ4n) is 2.69. The number of aliphatic carboxylic acids is 1. The van der Waals surface area contributed by atoms with Gasteiger partial charge in [-0.2, -0.15) is 8.78 Å². The van der Waals surface area contributed by atoms with Crippen LogP contribution in [0.1, 0.15) is 33.1 Å². The lowest BCUT2D eigenvalue weighted by molar-refractivity contribution is -0.154. The smallest absolute Gasteiger partial charge is 0.318 e. The molecular formula is C17H17F5O4. The molecule has 144 valence electrons. The van der Waals surface area contributed by atoms with Crippen LogP contribution in [0.4, 0.5) is 22.0 Å². The van der Waals surface area contributed by atoms with Crippen molar-refractivity contribution in [2.45, 2.75) is 33.1 Å². The first-order valence-corrected chi connectivity index (χ1v) is 7.53. The molecule has 1 aromatic carbocycles. The molecule has 1 aromatic rings. The minimum absolute atomic E-state index is 0.0699. The number of ether oxygens (including phenoxy) is 1. The molecular weight excluding hydrogens is 363 g/mol. The van der Waals surface area contributed by atoms with Crippen molar-refractivity contribution in [2.75, 3.05) is 0 Å². The van der Waals surface area contributed by atoms with Crippen molar-refractivity contribution in [1.82, 2.24) is 0 Å². The van der Waals surface area contributed by atoms with Crippen molar-refractivity contribution in [3.63, 3.8) is 0 Å². The topological polar surface area (TPSA) is 63.6 Å². The molecule has 0 aliphatic rings. The third-order valence-electron chi connectivity index (χ3n) is 3.62. The second-order valence-corrected chi connectivity index (χ2v) is 6.23. The number of benzene rings is 1. The van der Waals surface area contributed by atoms with E-state index in [-0.39, 0.29) is 18.8 Å². The lowest BCUT2D eigenvalue weighted by atomic mass is 9.74. The van der Waals surface area contributed by atoms with Gasteiger partial charge in [-0.1, -0.05) is 19.9 Å². The van der Waals surface area contributed by atoms with Gasteiger partial charge in [0.05, 0.1) is 11.8 Å². The summed E-state index contributed by atoms with van der Waals surface area (Å²) in [6.07, 6.45) is 0.141. The first kappa shape index (κ1) is 21.6. The van der Waals surface area contributed by atoms with Gasteiger partial charge in [0.25, 0.3) is 0 Å². The fraction of sp³-hybridized carbons (Fsp3) is 0.412. The van der Waals surface area contributed by atoms with Gasteiger partial charge in [0.2, 0.25) is 34.8 Å². The summed E-state index contributed by atoms with van der Waals surface area (Å²) in [7, 11) is 0. The van der Waals surface area contributed by atoms with E-state index in [0.29, 0.717) is 0 Å². The molecule has 9 heteroatoms. The molecule has 0 aliphatic heterocycles. The average Bonchev–Trinajstić information content (AvgIpc) is 2.53. The van der Waals surface area contributed by atoms with E-state index >= 15 is 0 Å². The Morgan fingerprint density at radius 3 is 1.92 bits per heavy atom. The number of esters is 1. The number of allylic oxidation sites excluding steroid dienone is 1. The van der Waals surface area contributed by atoms with E-state index in [1.54, 1.807) is 13.8 Å². The molecule has 0 heterocycles. The molecule has 0 saturated carbocycles. The number of carboxylic acids is 1. The zero-order chi connectivity index (χ0) is 20.2. The van der Waals surface area contributed by atoms with Gasteiger partial charge in [0, 0.05) is 0 Å². The van der Waals surface area contributed by atoms with Gasteiger partial charge in [-0.25, -0.2) is 13.2 Å². The molecule has 1 atom stereocenters. The van der Waals surface area contributed by atoms with Crippen molar-refractivity contribution in [3.05, 3.63) is 41.7 Å². The van der Waals surface area contributed by atoms with Crippen LogP contribution in [-0.4, -0.2) is 17.0 Å². The maximum Gasteiger partial charge on any atom is 0.318 e. The van der Waals surface area contributed by atoms with Gasteiger partial charge < -0.3 is 9.84 Å². The lowest BCUT2D eigenvalue weighted by Gasteiger charge is -2.30. The Labute approximate surface area is 146 Å². The van der Waals surface area contributed by atoms with Crippen LogP contribution in [0.15, 0.2) is 12.7 Å². The van der Waals surface area contributed by atoms with Crippen LogP contribution in [-0.2, 0) is 9.59 Å². The van der Waals surface area contributed by atoms with Crippen LogP contribution in [0.5, 0.6) is 5.75 Å². The molecule has 0 unspecified atom stereocenters. The summed E-state index contributed by atoms with van der Waals surface area (Å²) in [5.41, 5.74) is -1.78. The van der Waals surface area contributed by atoms with Crippen LogP contribution in [0.3, 0.4) is 0 Å². The minimum atomic E-state index is -2.40. The van der Waals surface area contributed by atoms with E-state index in [1.165, 1.54) is 6.08 Å². The third-order valence-corrected chi connectivity index (χ3v) is 3.62. The normalized spacial score (nSPS) is 13.4. The lowest BCUT2D eigenvalue weighted by Crippen LogP contribution is -2.38. The maximum atomic E-state index is 13.7. The Balaban J connectivity index is 3.42. The molecule has 0 saturated heterocycles. The van der Waals surface area contributed by atoms with E-state index < -0.39 is 58.6 Å². The summed E-state index contributed by atoms with van der Waals surface area (Å²) < 4.78 is 71.5. The molecule has 26 heavy (non-hydrogen) atoms. The number of rotatable bonds is 8. The highest BCUT2D eigenvalue weighted by Crippen LogP contribution is 2.38. The van der Waals surface area contributed by atoms with E-state index in [4.69, 9.17) is 5.11 Å². The van der Waals surface area contributed by atoms with Crippen molar-refractivity contribution < 1.29 is 41.4 Å². The summed E-state index contributed by atoms with van der Waals surface area (Å²) in [4.78, 5) is 23.7. The largest absolute Gasteiger partial charge is 0.481 e. The molecule has 4 nitrogen and oxygen atoms in total. The summed E-state index contributed by atoms with van der Waals surface area (Å²) in [6.45, 7) is 6.72. The molecule has 0 fully saturated rings. The monoisotopic (exact) mass is 380 g/mol. The molecule has 0 bridgehead atoms. The van der Waals surface area contributed by atoms with Crippen molar-refractivity contribution >= 4 is 11.9 Å². The van der Waals surface area contributed by atoms with Crippen molar-refractivity contribution in [1.29, 1.82) is 0 Å². The van der Waals surface area contributed by atoms with Crippen LogP contribution in [0.2, 0.25) is 0 Å². The third kappa shape index (κ3) is 4.39. The number of carbonyl (C=O) groups excluding carboxylic acids is 1.